The minimum Gasteiger partial charge on any atom is -0.480 e. The second-order valence-electron chi connectivity index (χ2n) is 3.66. The number of amides is 2. The Labute approximate surface area is 82.9 Å². The number of hydrogen-bond donors (Lipinski definition) is 3. The fourth-order valence-electron chi connectivity index (χ4n) is 1.56. The number of hydrogen-bond acceptors (Lipinski definition) is 2. The van der Waals surface area contributed by atoms with Gasteiger partial charge in [-0.25, -0.2) is 4.79 Å². The summed E-state index contributed by atoms with van der Waals surface area (Å²) in [5.41, 5.74) is 0. The SMILES string of the molecule is CC(NC(=O)NC1CCCC1)C(=O)O. The first-order valence-corrected chi connectivity index (χ1v) is 4.89. The second-order valence-corrected chi connectivity index (χ2v) is 3.66. The van der Waals surface area contributed by atoms with Gasteiger partial charge in [-0.2, -0.15) is 0 Å². The average molecular weight is 200 g/mol. The van der Waals surface area contributed by atoms with E-state index >= 15 is 0 Å². The predicted molar refractivity (Wildman–Crippen MR) is 51.0 cm³/mol. The summed E-state index contributed by atoms with van der Waals surface area (Å²) in [4.78, 5) is 21.7. The molecule has 1 rings (SSSR count). The monoisotopic (exact) mass is 200 g/mol. The molecular formula is C9H16N2O3. The van der Waals surface area contributed by atoms with Crippen molar-refractivity contribution in [1.29, 1.82) is 0 Å². The topological polar surface area (TPSA) is 78.4 Å². The molecule has 0 spiro atoms. The zero-order valence-electron chi connectivity index (χ0n) is 8.25. The zero-order valence-corrected chi connectivity index (χ0v) is 8.25. The first-order valence-electron chi connectivity index (χ1n) is 4.89. The first kappa shape index (κ1) is 10.8. The number of nitrogens with one attached hydrogen (secondary N) is 2. The summed E-state index contributed by atoms with van der Waals surface area (Å²) in [6.45, 7) is 1.44. The third kappa shape index (κ3) is 3.24. The van der Waals surface area contributed by atoms with Crippen LogP contribution in [-0.2, 0) is 4.79 Å². The smallest absolute Gasteiger partial charge is 0.325 e. The van der Waals surface area contributed by atoms with Crippen molar-refractivity contribution >= 4 is 12.0 Å². The molecule has 0 aromatic heterocycles. The van der Waals surface area contributed by atoms with Crippen molar-refractivity contribution < 1.29 is 14.7 Å². The molecule has 1 fully saturated rings. The lowest BCUT2D eigenvalue weighted by molar-refractivity contribution is -0.138. The molecule has 0 aliphatic heterocycles. The minimum absolute atomic E-state index is 0.219. The summed E-state index contributed by atoms with van der Waals surface area (Å²) in [7, 11) is 0. The number of urea groups is 1. The van der Waals surface area contributed by atoms with E-state index in [2.05, 4.69) is 10.6 Å². The molecule has 5 nitrogen and oxygen atoms in total. The van der Waals surface area contributed by atoms with Gasteiger partial charge < -0.3 is 15.7 Å². The molecule has 14 heavy (non-hydrogen) atoms. The van der Waals surface area contributed by atoms with Crippen LogP contribution in [0, 0.1) is 0 Å². The minimum atomic E-state index is -1.02. The second kappa shape index (κ2) is 4.83. The van der Waals surface area contributed by atoms with Crippen LogP contribution >= 0.6 is 0 Å². The van der Waals surface area contributed by atoms with Crippen LogP contribution in [0.25, 0.3) is 0 Å². The zero-order chi connectivity index (χ0) is 10.6. The molecule has 0 bridgehead atoms. The molecule has 5 heteroatoms. The molecule has 3 N–H and O–H groups in total. The molecular weight excluding hydrogens is 184 g/mol. The van der Waals surface area contributed by atoms with E-state index in [4.69, 9.17) is 5.11 Å². The van der Waals surface area contributed by atoms with Gasteiger partial charge in [0.25, 0.3) is 0 Å². The van der Waals surface area contributed by atoms with E-state index in [9.17, 15) is 9.59 Å². The van der Waals surface area contributed by atoms with Crippen LogP contribution in [-0.4, -0.2) is 29.2 Å². The first-order chi connectivity index (χ1) is 6.59. The predicted octanol–water partition coefficient (Wildman–Crippen LogP) is 0.701. The average Bonchev–Trinajstić information content (AvgIpc) is 2.56. The Kier molecular flexibility index (Phi) is 3.73. The fourth-order valence-corrected chi connectivity index (χ4v) is 1.56. The number of aliphatic carboxylic acids is 1. The lowest BCUT2D eigenvalue weighted by Crippen LogP contribution is -2.47. The van der Waals surface area contributed by atoms with Gasteiger partial charge in [-0.05, 0) is 19.8 Å². The van der Waals surface area contributed by atoms with Crippen molar-refractivity contribution in [2.24, 2.45) is 0 Å². The molecule has 1 unspecified atom stereocenters. The Hall–Kier alpha value is -1.26. The Morgan fingerprint density at radius 3 is 2.43 bits per heavy atom. The standard InChI is InChI=1S/C9H16N2O3/c1-6(8(12)13)10-9(14)11-7-4-2-3-5-7/h6-7H,2-5H2,1H3,(H,12,13)(H2,10,11,14). The van der Waals surface area contributed by atoms with Crippen molar-refractivity contribution in [3.63, 3.8) is 0 Å². The van der Waals surface area contributed by atoms with Crippen molar-refractivity contribution in [3.8, 4) is 0 Å². The molecule has 1 saturated carbocycles. The third-order valence-corrected chi connectivity index (χ3v) is 2.41. The van der Waals surface area contributed by atoms with Gasteiger partial charge in [0.2, 0.25) is 0 Å². The molecule has 1 aliphatic carbocycles. The van der Waals surface area contributed by atoms with Gasteiger partial charge in [0.15, 0.2) is 0 Å². The van der Waals surface area contributed by atoms with Crippen molar-refractivity contribution in [2.45, 2.75) is 44.7 Å². The molecule has 2 amide bonds. The Morgan fingerprint density at radius 2 is 1.93 bits per heavy atom. The molecule has 0 radical (unpaired) electrons. The Bertz CT molecular complexity index is 224. The summed E-state index contributed by atoms with van der Waals surface area (Å²) < 4.78 is 0. The maximum atomic E-state index is 11.2. The summed E-state index contributed by atoms with van der Waals surface area (Å²) in [5, 5.41) is 13.7. The summed E-state index contributed by atoms with van der Waals surface area (Å²) in [5.74, 6) is -1.02. The molecule has 0 aromatic rings. The number of carboxylic acid groups (broad SMARTS) is 1. The van der Waals surface area contributed by atoms with Crippen LogP contribution in [0.3, 0.4) is 0 Å². The number of rotatable bonds is 3. The number of carboxylic acids is 1. The lowest BCUT2D eigenvalue weighted by atomic mass is 10.2. The van der Waals surface area contributed by atoms with Gasteiger partial charge in [0.1, 0.15) is 6.04 Å². The Morgan fingerprint density at radius 1 is 1.36 bits per heavy atom. The fraction of sp³-hybridized carbons (Fsp3) is 0.778. The van der Waals surface area contributed by atoms with Crippen LogP contribution in [0.15, 0.2) is 0 Å². The van der Waals surface area contributed by atoms with E-state index in [1.165, 1.54) is 6.92 Å². The Balaban J connectivity index is 2.24. The summed E-state index contributed by atoms with van der Waals surface area (Å²) in [6.07, 6.45) is 4.27. The van der Waals surface area contributed by atoms with Crippen molar-refractivity contribution in [3.05, 3.63) is 0 Å². The van der Waals surface area contributed by atoms with Crippen LogP contribution < -0.4 is 10.6 Å². The molecule has 1 aliphatic rings. The van der Waals surface area contributed by atoms with Crippen LogP contribution in [0.2, 0.25) is 0 Å². The van der Waals surface area contributed by atoms with E-state index in [0.717, 1.165) is 25.7 Å². The lowest BCUT2D eigenvalue weighted by Gasteiger charge is -2.14. The van der Waals surface area contributed by atoms with E-state index in [0.29, 0.717) is 0 Å². The van der Waals surface area contributed by atoms with E-state index in [-0.39, 0.29) is 12.1 Å². The molecule has 0 saturated heterocycles. The highest BCUT2D eigenvalue weighted by Gasteiger charge is 2.19. The molecule has 0 heterocycles. The highest BCUT2D eigenvalue weighted by Crippen LogP contribution is 2.17. The molecule has 1 atom stereocenters. The molecule has 0 aromatic carbocycles. The van der Waals surface area contributed by atoms with Crippen LogP contribution in [0.5, 0.6) is 0 Å². The highest BCUT2D eigenvalue weighted by atomic mass is 16.4. The van der Waals surface area contributed by atoms with E-state index < -0.39 is 12.0 Å². The largest absolute Gasteiger partial charge is 0.480 e. The third-order valence-electron chi connectivity index (χ3n) is 2.41. The van der Waals surface area contributed by atoms with Gasteiger partial charge in [-0.15, -0.1) is 0 Å². The summed E-state index contributed by atoms with van der Waals surface area (Å²) in [6, 6.07) is -1.00. The van der Waals surface area contributed by atoms with Gasteiger partial charge in [0, 0.05) is 6.04 Å². The van der Waals surface area contributed by atoms with Gasteiger partial charge in [-0.1, -0.05) is 12.8 Å². The van der Waals surface area contributed by atoms with Crippen molar-refractivity contribution in [2.75, 3.05) is 0 Å². The molecule has 80 valence electrons. The quantitative estimate of drug-likeness (QED) is 0.627. The van der Waals surface area contributed by atoms with Gasteiger partial charge >= 0.3 is 12.0 Å². The van der Waals surface area contributed by atoms with E-state index in [1.807, 2.05) is 0 Å². The van der Waals surface area contributed by atoms with Gasteiger partial charge in [0.05, 0.1) is 0 Å². The number of carbonyl (C=O) groups excluding carboxylic acids is 1. The normalized spacial score (nSPS) is 18.9. The maximum absolute atomic E-state index is 11.2. The van der Waals surface area contributed by atoms with Crippen LogP contribution in [0.1, 0.15) is 32.6 Å². The summed E-state index contributed by atoms with van der Waals surface area (Å²) >= 11 is 0. The van der Waals surface area contributed by atoms with E-state index in [1.54, 1.807) is 0 Å². The number of carbonyl (C=O) groups is 2. The highest BCUT2D eigenvalue weighted by molar-refractivity contribution is 5.82. The maximum Gasteiger partial charge on any atom is 0.325 e. The van der Waals surface area contributed by atoms with Gasteiger partial charge in [-0.3, -0.25) is 4.79 Å². The van der Waals surface area contributed by atoms with Crippen LogP contribution in [0.4, 0.5) is 4.79 Å². The van der Waals surface area contributed by atoms with Crippen molar-refractivity contribution in [1.82, 2.24) is 10.6 Å².